The molecule has 2 aromatic carbocycles. The number of fused-ring (bicyclic) bond motifs is 1. The number of hydrogen-bond donors (Lipinski definition) is 0. The first-order chi connectivity index (χ1) is 19.7. The van der Waals surface area contributed by atoms with Crippen LogP contribution >= 0.6 is 0 Å². The lowest BCUT2D eigenvalue weighted by Gasteiger charge is -2.37. The first kappa shape index (κ1) is 31.3. The zero-order valence-electron chi connectivity index (χ0n) is 24.4. The number of benzene rings is 2. The van der Waals surface area contributed by atoms with E-state index in [0.29, 0.717) is 47.2 Å². The largest absolute Gasteiger partial charge is 0.493 e. The SMILES string of the molecule is CCC(CC)C(C#N)(CCC(OC(C)=O)C(CC1Oc2ccccc2O1)[N+](=O)[O-])c1ccc(OC)c(OC)c1OC. The normalized spacial score (nSPS) is 15.4. The minimum Gasteiger partial charge on any atom is -0.493 e. The van der Waals surface area contributed by atoms with Crippen LogP contribution in [0.5, 0.6) is 28.7 Å². The third-order valence-electron chi connectivity index (χ3n) is 7.71. The lowest BCUT2D eigenvalue weighted by molar-refractivity contribution is -0.537. The molecule has 11 heteroatoms. The minimum absolute atomic E-state index is 0.0342. The van der Waals surface area contributed by atoms with Crippen LogP contribution in [-0.4, -0.2) is 50.7 Å². The van der Waals surface area contributed by atoms with Crippen LogP contribution in [0.4, 0.5) is 0 Å². The van der Waals surface area contributed by atoms with Crippen molar-refractivity contribution < 1.29 is 38.1 Å². The minimum atomic E-state index is -1.34. The number of nitriles is 1. The molecule has 1 aliphatic rings. The van der Waals surface area contributed by atoms with E-state index in [-0.39, 0.29) is 25.2 Å². The molecule has 3 unspecified atom stereocenters. The van der Waals surface area contributed by atoms with E-state index in [1.165, 1.54) is 28.3 Å². The van der Waals surface area contributed by atoms with Gasteiger partial charge in [-0.1, -0.05) is 38.8 Å². The molecule has 1 aliphatic heterocycles. The monoisotopic (exact) mass is 570 g/mol. The molecule has 0 aliphatic carbocycles. The Morgan fingerprint density at radius 1 is 1.05 bits per heavy atom. The van der Waals surface area contributed by atoms with E-state index >= 15 is 0 Å². The fourth-order valence-electron chi connectivity index (χ4n) is 5.74. The summed E-state index contributed by atoms with van der Waals surface area (Å²) in [4.78, 5) is 24.0. The topological polar surface area (TPSA) is 139 Å². The Morgan fingerprint density at radius 3 is 2.12 bits per heavy atom. The summed E-state index contributed by atoms with van der Waals surface area (Å²) in [5.41, 5.74) is -0.573. The highest BCUT2D eigenvalue weighted by Crippen LogP contribution is 2.50. The molecule has 11 nitrogen and oxygen atoms in total. The summed E-state index contributed by atoms with van der Waals surface area (Å²) in [6.07, 6.45) is -0.744. The molecule has 222 valence electrons. The second kappa shape index (κ2) is 13.9. The first-order valence-electron chi connectivity index (χ1n) is 13.6. The molecule has 0 bridgehead atoms. The van der Waals surface area contributed by atoms with Crippen molar-refractivity contribution in [3.05, 3.63) is 52.1 Å². The molecule has 0 spiro atoms. The smallest absolute Gasteiger partial charge is 0.303 e. The zero-order valence-corrected chi connectivity index (χ0v) is 24.4. The molecule has 2 aromatic rings. The molecule has 0 saturated heterocycles. The maximum absolute atomic E-state index is 12.3. The number of nitrogens with zero attached hydrogens (tertiary/aromatic N) is 2. The van der Waals surface area contributed by atoms with Crippen LogP contribution in [-0.2, 0) is 14.9 Å². The van der Waals surface area contributed by atoms with Crippen molar-refractivity contribution in [1.82, 2.24) is 0 Å². The lowest BCUT2D eigenvalue weighted by Crippen LogP contribution is -2.43. The molecular weight excluding hydrogens is 532 g/mol. The van der Waals surface area contributed by atoms with E-state index < -0.39 is 34.7 Å². The van der Waals surface area contributed by atoms with Gasteiger partial charge in [-0.2, -0.15) is 5.26 Å². The Labute approximate surface area is 240 Å². The van der Waals surface area contributed by atoms with Gasteiger partial charge in [0.05, 0.1) is 39.2 Å². The van der Waals surface area contributed by atoms with Crippen molar-refractivity contribution >= 4 is 5.97 Å². The van der Waals surface area contributed by atoms with Gasteiger partial charge >= 0.3 is 5.97 Å². The molecule has 3 rings (SSSR count). The Morgan fingerprint density at radius 2 is 1.66 bits per heavy atom. The highest BCUT2D eigenvalue weighted by Gasteiger charge is 2.46. The quantitative estimate of drug-likeness (QED) is 0.154. The van der Waals surface area contributed by atoms with Crippen molar-refractivity contribution in [2.75, 3.05) is 21.3 Å². The van der Waals surface area contributed by atoms with Gasteiger partial charge in [-0.05, 0) is 43.0 Å². The van der Waals surface area contributed by atoms with Crippen molar-refractivity contribution in [3.63, 3.8) is 0 Å². The maximum atomic E-state index is 12.3. The first-order valence-corrected chi connectivity index (χ1v) is 13.6. The number of ether oxygens (including phenoxy) is 6. The molecule has 0 N–H and O–H groups in total. The summed E-state index contributed by atoms with van der Waals surface area (Å²) < 4.78 is 33.9. The van der Waals surface area contributed by atoms with Gasteiger partial charge < -0.3 is 28.4 Å². The van der Waals surface area contributed by atoms with Gasteiger partial charge in [0.2, 0.25) is 12.0 Å². The van der Waals surface area contributed by atoms with Gasteiger partial charge in [0, 0.05) is 17.4 Å². The van der Waals surface area contributed by atoms with E-state index in [1.807, 2.05) is 13.8 Å². The van der Waals surface area contributed by atoms with Gasteiger partial charge in [-0.25, -0.2) is 0 Å². The summed E-state index contributed by atoms with van der Waals surface area (Å²) in [6, 6.07) is 11.6. The number of nitro groups is 1. The third kappa shape index (κ3) is 6.59. The average Bonchev–Trinajstić information content (AvgIpc) is 3.39. The van der Waals surface area contributed by atoms with Gasteiger partial charge in [-0.3, -0.25) is 14.9 Å². The van der Waals surface area contributed by atoms with Gasteiger partial charge in [0.25, 0.3) is 6.04 Å². The molecule has 0 radical (unpaired) electrons. The van der Waals surface area contributed by atoms with E-state index in [4.69, 9.17) is 28.4 Å². The van der Waals surface area contributed by atoms with E-state index in [1.54, 1.807) is 36.4 Å². The second-order valence-electron chi connectivity index (χ2n) is 9.87. The summed E-state index contributed by atoms with van der Waals surface area (Å²) in [5.74, 6) is 1.29. The van der Waals surface area contributed by atoms with Gasteiger partial charge in [0.15, 0.2) is 29.1 Å². The van der Waals surface area contributed by atoms with Crippen LogP contribution in [0.15, 0.2) is 36.4 Å². The number of carbonyl (C=O) groups is 1. The van der Waals surface area contributed by atoms with E-state index in [9.17, 15) is 20.2 Å². The molecule has 0 saturated carbocycles. The fraction of sp³-hybridized carbons (Fsp3) is 0.533. The highest BCUT2D eigenvalue weighted by molar-refractivity contribution is 5.66. The molecule has 0 fully saturated rings. The van der Waals surface area contributed by atoms with Crippen LogP contribution < -0.4 is 23.7 Å². The Bertz CT molecular complexity index is 1230. The number of carbonyl (C=O) groups excluding carboxylic acids is 1. The lowest BCUT2D eigenvalue weighted by atomic mass is 9.65. The fourth-order valence-corrected chi connectivity index (χ4v) is 5.74. The predicted octanol–water partition coefficient (Wildman–Crippen LogP) is 5.45. The molecule has 1 heterocycles. The third-order valence-corrected chi connectivity index (χ3v) is 7.71. The summed E-state index contributed by atoms with van der Waals surface area (Å²) in [5, 5.41) is 23.1. The van der Waals surface area contributed by atoms with Crippen LogP contribution in [0.3, 0.4) is 0 Å². The Kier molecular flexibility index (Phi) is 10.6. The molecule has 0 aromatic heterocycles. The number of rotatable bonds is 15. The highest BCUT2D eigenvalue weighted by atomic mass is 16.7. The molecule has 0 amide bonds. The van der Waals surface area contributed by atoms with Crippen LogP contribution in [0, 0.1) is 27.4 Å². The van der Waals surface area contributed by atoms with E-state index in [0.717, 1.165) is 0 Å². The average molecular weight is 571 g/mol. The molecule has 3 atom stereocenters. The number of para-hydroxylation sites is 2. The molecular formula is C30H38N2O9. The second-order valence-corrected chi connectivity index (χ2v) is 9.87. The van der Waals surface area contributed by atoms with Crippen LogP contribution in [0.2, 0.25) is 0 Å². The van der Waals surface area contributed by atoms with Crippen molar-refractivity contribution in [3.8, 4) is 34.8 Å². The number of methoxy groups -OCH3 is 3. The zero-order chi connectivity index (χ0) is 30.2. The van der Waals surface area contributed by atoms with Crippen molar-refractivity contribution in [1.29, 1.82) is 5.26 Å². The summed E-state index contributed by atoms with van der Waals surface area (Å²) in [6.45, 7) is 5.19. The molecule has 41 heavy (non-hydrogen) atoms. The van der Waals surface area contributed by atoms with Crippen LogP contribution in [0.25, 0.3) is 0 Å². The maximum Gasteiger partial charge on any atom is 0.303 e. The van der Waals surface area contributed by atoms with Gasteiger partial charge in [0.1, 0.15) is 0 Å². The van der Waals surface area contributed by atoms with Crippen molar-refractivity contribution in [2.45, 2.75) is 76.7 Å². The predicted molar refractivity (Wildman–Crippen MR) is 149 cm³/mol. The van der Waals surface area contributed by atoms with Gasteiger partial charge in [-0.15, -0.1) is 0 Å². The number of hydrogen-bond acceptors (Lipinski definition) is 10. The standard InChI is InChI=1S/C30H38N2O9/c1-7-20(8-2)30(18-31,21-13-14-26(36-4)29(38-6)28(21)37-5)16-15-23(39-19(3)33)22(32(34)35)17-27-40-24-11-9-10-12-25(24)41-27/h9-14,20,22-23,27H,7-8,15-17H2,1-6H3. The van der Waals surface area contributed by atoms with Crippen molar-refractivity contribution in [2.24, 2.45) is 5.92 Å². The summed E-state index contributed by atoms with van der Waals surface area (Å²) >= 11 is 0. The number of esters is 1. The summed E-state index contributed by atoms with van der Waals surface area (Å²) in [7, 11) is 4.48. The van der Waals surface area contributed by atoms with E-state index in [2.05, 4.69) is 6.07 Å². The Hall–Kier alpha value is -4.20. The Balaban J connectivity index is 2.01. The van der Waals surface area contributed by atoms with Crippen LogP contribution in [0.1, 0.15) is 58.4 Å².